The summed E-state index contributed by atoms with van der Waals surface area (Å²) in [5.74, 6) is -0.237. The van der Waals surface area contributed by atoms with E-state index >= 15 is 0 Å². The predicted octanol–water partition coefficient (Wildman–Crippen LogP) is 0.958. The first kappa shape index (κ1) is 11.8. The van der Waals surface area contributed by atoms with Crippen LogP contribution in [0.25, 0.3) is 0 Å². The number of nitrogens with one attached hydrogen (secondary N) is 1. The summed E-state index contributed by atoms with van der Waals surface area (Å²) in [7, 11) is 0. The number of hydrogen-bond acceptors (Lipinski definition) is 4. The molecule has 0 heterocycles. The molecule has 0 aliphatic rings. The van der Waals surface area contributed by atoms with Gasteiger partial charge in [-0.25, -0.2) is 0 Å². The molecule has 15 heavy (non-hydrogen) atoms. The fourth-order valence-corrected chi connectivity index (χ4v) is 1.28. The van der Waals surface area contributed by atoms with Crippen molar-refractivity contribution in [1.82, 2.24) is 5.32 Å². The molecule has 0 saturated carbocycles. The maximum absolute atomic E-state index is 9.25. The summed E-state index contributed by atoms with van der Waals surface area (Å²) in [6, 6.07) is 4.76. The molecule has 0 aliphatic carbocycles. The fourth-order valence-electron chi connectivity index (χ4n) is 1.28. The van der Waals surface area contributed by atoms with Crippen LogP contribution >= 0.6 is 0 Å². The molecule has 4 heteroatoms. The van der Waals surface area contributed by atoms with Crippen molar-refractivity contribution in [2.45, 2.75) is 25.9 Å². The molecule has 0 fully saturated rings. The number of rotatable bonds is 5. The van der Waals surface area contributed by atoms with Gasteiger partial charge in [-0.3, -0.25) is 0 Å². The van der Waals surface area contributed by atoms with Crippen molar-refractivity contribution in [3.63, 3.8) is 0 Å². The number of aliphatic hydroxyl groups excluding tert-OH is 1. The molecular weight excluding hydrogens is 194 g/mol. The van der Waals surface area contributed by atoms with E-state index in [-0.39, 0.29) is 24.1 Å². The molecule has 4 N–H and O–H groups in total. The van der Waals surface area contributed by atoms with E-state index < -0.39 is 0 Å². The zero-order chi connectivity index (χ0) is 11.3. The summed E-state index contributed by atoms with van der Waals surface area (Å²) < 4.78 is 0. The minimum atomic E-state index is -0.119. The first-order chi connectivity index (χ1) is 7.17. The van der Waals surface area contributed by atoms with Crippen molar-refractivity contribution in [3.8, 4) is 11.5 Å². The van der Waals surface area contributed by atoms with Crippen LogP contribution in [0.2, 0.25) is 0 Å². The van der Waals surface area contributed by atoms with Crippen LogP contribution in [0.3, 0.4) is 0 Å². The number of phenolic OH excluding ortho intramolecular Hbond substituents is 2. The molecule has 0 bridgehead atoms. The monoisotopic (exact) mass is 211 g/mol. The molecule has 0 aromatic heterocycles. The number of aromatic hydroxyl groups is 2. The van der Waals surface area contributed by atoms with E-state index in [0.29, 0.717) is 6.54 Å². The Morgan fingerprint density at radius 1 is 1.27 bits per heavy atom. The maximum atomic E-state index is 9.25. The Morgan fingerprint density at radius 2 is 2.00 bits per heavy atom. The SMILES string of the molecule is CC[C@@H](CO)NCc1ccc(O)c(O)c1. The highest BCUT2D eigenvalue weighted by Gasteiger charge is 2.04. The van der Waals surface area contributed by atoms with Crippen LogP contribution in [0.15, 0.2) is 18.2 Å². The minimum Gasteiger partial charge on any atom is -0.504 e. The number of hydrogen-bond donors (Lipinski definition) is 4. The topological polar surface area (TPSA) is 72.7 Å². The third kappa shape index (κ3) is 3.42. The van der Waals surface area contributed by atoms with Crippen LogP contribution in [-0.2, 0) is 6.54 Å². The fraction of sp³-hybridized carbons (Fsp3) is 0.455. The van der Waals surface area contributed by atoms with Crippen LogP contribution in [0.5, 0.6) is 11.5 Å². The van der Waals surface area contributed by atoms with Gasteiger partial charge in [0.25, 0.3) is 0 Å². The van der Waals surface area contributed by atoms with E-state index in [1.807, 2.05) is 6.92 Å². The zero-order valence-electron chi connectivity index (χ0n) is 8.77. The van der Waals surface area contributed by atoms with Crippen molar-refractivity contribution in [2.75, 3.05) is 6.61 Å². The largest absolute Gasteiger partial charge is 0.504 e. The minimum absolute atomic E-state index is 0.0703. The van der Waals surface area contributed by atoms with E-state index in [0.717, 1.165) is 12.0 Å². The molecule has 0 aliphatic heterocycles. The Labute approximate surface area is 89.2 Å². The summed E-state index contributed by atoms with van der Waals surface area (Å²) in [6.45, 7) is 2.65. The summed E-state index contributed by atoms with van der Waals surface area (Å²) in [6.07, 6.45) is 0.848. The molecule has 1 atom stereocenters. The first-order valence-electron chi connectivity index (χ1n) is 5.02. The van der Waals surface area contributed by atoms with Gasteiger partial charge in [-0.2, -0.15) is 0 Å². The van der Waals surface area contributed by atoms with Crippen LogP contribution in [0, 0.1) is 0 Å². The molecule has 84 valence electrons. The third-order valence-electron chi connectivity index (χ3n) is 2.35. The van der Waals surface area contributed by atoms with Gasteiger partial charge in [-0.15, -0.1) is 0 Å². The highest BCUT2D eigenvalue weighted by molar-refractivity contribution is 5.40. The maximum Gasteiger partial charge on any atom is 0.157 e. The van der Waals surface area contributed by atoms with Crippen molar-refractivity contribution in [1.29, 1.82) is 0 Å². The van der Waals surface area contributed by atoms with E-state index in [2.05, 4.69) is 5.32 Å². The average molecular weight is 211 g/mol. The quantitative estimate of drug-likeness (QED) is 0.547. The Balaban J connectivity index is 2.54. The van der Waals surface area contributed by atoms with Gasteiger partial charge in [0.2, 0.25) is 0 Å². The van der Waals surface area contributed by atoms with Crippen molar-refractivity contribution >= 4 is 0 Å². The van der Waals surface area contributed by atoms with Gasteiger partial charge < -0.3 is 20.6 Å². The lowest BCUT2D eigenvalue weighted by molar-refractivity contribution is 0.238. The second-order valence-corrected chi connectivity index (χ2v) is 3.49. The zero-order valence-corrected chi connectivity index (χ0v) is 8.77. The van der Waals surface area contributed by atoms with Crippen LogP contribution in [0.1, 0.15) is 18.9 Å². The molecule has 0 unspecified atom stereocenters. The van der Waals surface area contributed by atoms with Gasteiger partial charge >= 0.3 is 0 Å². The lowest BCUT2D eigenvalue weighted by atomic mass is 10.1. The van der Waals surface area contributed by atoms with E-state index in [4.69, 9.17) is 10.2 Å². The predicted molar refractivity (Wildman–Crippen MR) is 57.8 cm³/mol. The third-order valence-corrected chi connectivity index (χ3v) is 2.35. The van der Waals surface area contributed by atoms with Crippen molar-refractivity contribution < 1.29 is 15.3 Å². The molecule has 1 aromatic carbocycles. The smallest absolute Gasteiger partial charge is 0.157 e. The van der Waals surface area contributed by atoms with Gasteiger partial charge in [-0.1, -0.05) is 13.0 Å². The van der Waals surface area contributed by atoms with Gasteiger partial charge in [-0.05, 0) is 24.1 Å². The lowest BCUT2D eigenvalue weighted by Gasteiger charge is -2.13. The molecular formula is C11H17NO3. The molecule has 4 nitrogen and oxygen atoms in total. The van der Waals surface area contributed by atoms with E-state index in [1.165, 1.54) is 12.1 Å². The highest BCUT2D eigenvalue weighted by atomic mass is 16.3. The van der Waals surface area contributed by atoms with Gasteiger partial charge in [0.15, 0.2) is 11.5 Å². The number of aliphatic hydroxyl groups is 1. The number of phenols is 2. The van der Waals surface area contributed by atoms with Crippen LogP contribution in [0.4, 0.5) is 0 Å². The van der Waals surface area contributed by atoms with Gasteiger partial charge in [0.05, 0.1) is 6.61 Å². The van der Waals surface area contributed by atoms with E-state index in [9.17, 15) is 5.11 Å². The summed E-state index contributed by atoms with van der Waals surface area (Å²) >= 11 is 0. The van der Waals surface area contributed by atoms with Gasteiger partial charge in [0.1, 0.15) is 0 Å². The van der Waals surface area contributed by atoms with E-state index in [1.54, 1.807) is 6.07 Å². The van der Waals surface area contributed by atoms with Crippen LogP contribution in [-0.4, -0.2) is 28.0 Å². The standard InChI is InChI=1S/C11H17NO3/c1-2-9(7-13)12-6-8-3-4-10(14)11(15)5-8/h3-5,9,12-15H,2,6-7H2,1H3/t9-/m0/s1. The second-order valence-electron chi connectivity index (χ2n) is 3.49. The molecule has 1 rings (SSSR count). The Bertz CT molecular complexity index is 311. The molecule has 0 amide bonds. The van der Waals surface area contributed by atoms with Crippen molar-refractivity contribution in [2.24, 2.45) is 0 Å². The summed E-state index contributed by atoms with van der Waals surface area (Å²) in [5.41, 5.74) is 0.872. The normalized spacial score (nSPS) is 12.7. The number of benzene rings is 1. The molecule has 1 aromatic rings. The molecule has 0 spiro atoms. The van der Waals surface area contributed by atoms with Gasteiger partial charge in [0, 0.05) is 12.6 Å². The van der Waals surface area contributed by atoms with Crippen LogP contribution < -0.4 is 5.32 Å². The Hall–Kier alpha value is -1.26. The molecule has 0 saturated heterocycles. The average Bonchev–Trinajstić information content (AvgIpc) is 2.24. The van der Waals surface area contributed by atoms with Crippen molar-refractivity contribution in [3.05, 3.63) is 23.8 Å². The summed E-state index contributed by atoms with van der Waals surface area (Å²) in [5, 5.41) is 30.4. The first-order valence-corrected chi connectivity index (χ1v) is 5.02. The molecule has 0 radical (unpaired) electrons. The second kappa shape index (κ2) is 5.58. The highest BCUT2D eigenvalue weighted by Crippen LogP contribution is 2.24. The summed E-state index contributed by atoms with van der Waals surface area (Å²) in [4.78, 5) is 0. The Morgan fingerprint density at radius 3 is 2.53 bits per heavy atom. The Kier molecular flexibility index (Phi) is 4.39. The lowest BCUT2D eigenvalue weighted by Crippen LogP contribution is -2.31.